The number of hydrogen-bond acceptors (Lipinski definition) is 6. The van der Waals surface area contributed by atoms with Gasteiger partial charge in [-0.25, -0.2) is 0 Å². The first-order valence-corrected chi connectivity index (χ1v) is 8.54. The number of aromatic hydroxyl groups is 1. The first-order chi connectivity index (χ1) is 11.6. The minimum atomic E-state index is -0.160. The van der Waals surface area contributed by atoms with Crippen LogP contribution in [0.1, 0.15) is 18.2 Å². The number of thiocarbonyl (C=S) groups is 1. The van der Waals surface area contributed by atoms with Crippen molar-refractivity contribution in [3.05, 3.63) is 52.8 Å². The second-order valence-corrected chi connectivity index (χ2v) is 6.68. The number of amides is 1. The molecule has 0 unspecified atom stereocenters. The highest BCUT2D eigenvalue weighted by Crippen LogP contribution is 2.35. The van der Waals surface area contributed by atoms with E-state index in [2.05, 4.69) is 0 Å². The van der Waals surface area contributed by atoms with Crippen molar-refractivity contribution in [1.29, 1.82) is 0 Å². The second-order valence-electron chi connectivity index (χ2n) is 5.01. The zero-order valence-electron chi connectivity index (χ0n) is 12.9. The summed E-state index contributed by atoms with van der Waals surface area (Å²) in [6, 6.07) is 8.53. The maximum absolute atomic E-state index is 12.6. The van der Waals surface area contributed by atoms with Crippen LogP contribution in [0.25, 0.3) is 6.08 Å². The number of furan rings is 1. The van der Waals surface area contributed by atoms with Crippen LogP contribution in [0, 0.1) is 0 Å². The van der Waals surface area contributed by atoms with Crippen LogP contribution in [0.3, 0.4) is 0 Å². The summed E-state index contributed by atoms with van der Waals surface area (Å²) < 4.78 is 11.1. The predicted octanol–water partition coefficient (Wildman–Crippen LogP) is 3.79. The van der Waals surface area contributed by atoms with Crippen LogP contribution in [0.5, 0.6) is 11.5 Å². The molecule has 1 N–H and O–H groups in total. The normalized spacial score (nSPS) is 16.2. The van der Waals surface area contributed by atoms with E-state index >= 15 is 0 Å². The molecular formula is C17H15NO4S2. The molecule has 1 aromatic heterocycles. The van der Waals surface area contributed by atoms with Crippen LogP contribution in [0.15, 0.2) is 45.9 Å². The fraction of sp³-hybridized carbons (Fsp3) is 0.176. The number of benzene rings is 1. The molecule has 0 saturated carbocycles. The zero-order valence-corrected chi connectivity index (χ0v) is 14.5. The van der Waals surface area contributed by atoms with Crippen molar-refractivity contribution < 1.29 is 19.1 Å². The van der Waals surface area contributed by atoms with Crippen LogP contribution >= 0.6 is 24.0 Å². The molecule has 0 radical (unpaired) electrons. The van der Waals surface area contributed by atoms with E-state index in [0.29, 0.717) is 33.9 Å². The number of rotatable bonds is 5. The van der Waals surface area contributed by atoms with E-state index in [1.54, 1.807) is 42.7 Å². The smallest absolute Gasteiger partial charge is 0.266 e. The summed E-state index contributed by atoms with van der Waals surface area (Å²) >= 11 is 6.54. The molecule has 1 aromatic carbocycles. The highest BCUT2D eigenvalue weighted by Gasteiger charge is 2.32. The Bertz CT molecular complexity index is 799. The highest BCUT2D eigenvalue weighted by molar-refractivity contribution is 8.26. The quantitative estimate of drug-likeness (QED) is 0.646. The molecule has 5 nitrogen and oxygen atoms in total. The molecule has 0 spiro atoms. The van der Waals surface area contributed by atoms with Crippen molar-refractivity contribution in [3.63, 3.8) is 0 Å². The largest absolute Gasteiger partial charge is 0.504 e. The summed E-state index contributed by atoms with van der Waals surface area (Å²) in [6.45, 7) is 2.60. The third kappa shape index (κ3) is 3.47. The summed E-state index contributed by atoms with van der Waals surface area (Å²) in [7, 11) is 0. The van der Waals surface area contributed by atoms with Gasteiger partial charge in [0.1, 0.15) is 10.1 Å². The van der Waals surface area contributed by atoms with Crippen LogP contribution in [-0.2, 0) is 11.3 Å². The molecule has 3 rings (SSSR count). The van der Waals surface area contributed by atoms with E-state index in [-0.39, 0.29) is 11.7 Å². The first kappa shape index (κ1) is 16.6. The maximum Gasteiger partial charge on any atom is 0.266 e. The van der Waals surface area contributed by atoms with Gasteiger partial charge in [-0.3, -0.25) is 9.69 Å². The summed E-state index contributed by atoms with van der Waals surface area (Å²) in [5.74, 6) is 0.972. The summed E-state index contributed by atoms with van der Waals surface area (Å²) in [5, 5.41) is 9.75. The number of carbonyl (C=O) groups is 1. The Hall–Kier alpha value is -2.25. The van der Waals surface area contributed by atoms with Crippen molar-refractivity contribution in [3.8, 4) is 11.5 Å². The third-order valence-electron chi connectivity index (χ3n) is 3.35. The van der Waals surface area contributed by atoms with Crippen LogP contribution < -0.4 is 4.74 Å². The summed E-state index contributed by atoms with van der Waals surface area (Å²) in [6.07, 6.45) is 3.30. The van der Waals surface area contributed by atoms with Gasteiger partial charge in [0.15, 0.2) is 11.5 Å². The van der Waals surface area contributed by atoms with Crippen molar-refractivity contribution in [1.82, 2.24) is 4.90 Å². The minimum Gasteiger partial charge on any atom is -0.504 e. The molecule has 24 heavy (non-hydrogen) atoms. The topological polar surface area (TPSA) is 62.9 Å². The van der Waals surface area contributed by atoms with Gasteiger partial charge >= 0.3 is 0 Å². The number of ether oxygens (including phenoxy) is 1. The fourth-order valence-electron chi connectivity index (χ4n) is 2.24. The Morgan fingerprint density at radius 2 is 2.25 bits per heavy atom. The van der Waals surface area contributed by atoms with Crippen molar-refractivity contribution >= 4 is 40.3 Å². The van der Waals surface area contributed by atoms with Crippen molar-refractivity contribution in [2.75, 3.05) is 6.61 Å². The van der Waals surface area contributed by atoms with Gasteiger partial charge in [-0.1, -0.05) is 30.0 Å². The lowest BCUT2D eigenvalue weighted by molar-refractivity contribution is -0.122. The molecule has 1 saturated heterocycles. The molecule has 1 aliphatic heterocycles. The van der Waals surface area contributed by atoms with Gasteiger partial charge in [0.05, 0.1) is 24.3 Å². The summed E-state index contributed by atoms with van der Waals surface area (Å²) in [4.78, 5) is 14.6. The Kier molecular flexibility index (Phi) is 4.92. The van der Waals surface area contributed by atoms with Gasteiger partial charge < -0.3 is 14.3 Å². The SMILES string of the molecule is CCOc1cc(C=C2SC(=S)N(Cc3ccco3)C2=O)ccc1O. The Morgan fingerprint density at radius 1 is 1.42 bits per heavy atom. The van der Waals surface area contributed by atoms with Crippen molar-refractivity contribution in [2.45, 2.75) is 13.5 Å². The van der Waals surface area contributed by atoms with Gasteiger partial charge in [-0.15, -0.1) is 0 Å². The van der Waals surface area contributed by atoms with E-state index in [1.807, 2.05) is 6.92 Å². The minimum absolute atomic E-state index is 0.0689. The fourth-order valence-corrected chi connectivity index (χ4v) is 3.49. The molecule has 1 amide bonds. The van der Waals surface area contributed by atoms with Crippen LogP contribution in [0.2, 0.25) is 0 Å². The average Bonchev–Trinajstić information content (AvgIpc) is 3.15. The monoisotopic (exact) mass is 361 g/mol. The maximum atomic E-state index is 12.6. The van der Waals surface area contributed by atoms with Gasteiger partial charge in [-0.2, -0.15) is 0 Å². The lowest BCUT2D eigenvalue weighted by Crippen LogP contribution is -2.27. The molecule has 1 fully saturated rings. The van der Waals surface area contributed by atoms with E-state index in [0.717, 1.165) is 5.56 Å². The Balaban J connectivity index is 1.82. The van der Waals surface area contributed by atoms with Gasteiger partial charge in [-0.05, 0) is 42.8 Å². The number of nitrogens with zero attached hydrogens (tertiary/aromatic N) is 1. The van der Waals surface area contributed by atoms with E-state index in [9.17, 15) is 9.90 Å². The third-order valence-corrected chi connectivity index (χ3v) is 4.73. The number of phenols is 1. The molecule has 2 aromatic rings. The molecule has 124 valence electrons. The van der Waals surface area contributed by atoms with E-state index < -0.39 is 0 Å². The standard InChI is InChI=1S/C17H15NO4S2/c1-2-21-14-8-11(5-6-13(14)19)9-15-16(20)18(17(23)24-15)10-12-4-3-7-22-12/h3-9,19H,2,10H2,1H3. The number of hydrogen-bond donors (Lipinski definition) is 1. The first-order valence-electron chi connectivity index (χ1n) is 7.32. The van der Waals surface area contributed by atoms with Crippen molar-refractivity contribution in [2.24, 2.45) is 0 Å². The zero-order chi connectivity index (χ0) is 17.1. The van der Waals surface area contributed by atoms with Crippen LogP contribution in [-0.4, -0.2) is 26.8 Å². The van der Waals surface area contributed by atoms with Gasteiger partial charge in [0.2, 0.25) is 0 Å². The Morgan fingerprint density at radius 3 is 2.96 bits per heavy atom. The molecular weight excluding hydrogens is 346 g/mol. The lowest BCUT2D eigenvalue weighted by atomic mass is 10.2. The molecule has 0 aliphatic carbocycles. The average molecular weight is 361 g/mol. The Labute approximate surface area is 148 Å². The molecule has 0 bridgehead atoms. The number of carbonyl (C=O) groups excluding carboxylic acids is 1. The molecule has 7 heteroatoms. The van der Waals surface area contributed by atoms with E-state index in [4.69, 9.17) is 21.4 Å². The lowest BCUT2D eigenvalue weighted by Gasteiger charge is -2.12. The second kappa shape index (κ2) is 7.11. The van der Waals surface area contributed by atoms with Gasteiger partial charge in [0.25, 0.3) is 5.91 Å². The van der Waals surface area contributed by atoms with Crippen LogP contribution in [0.4, 0.5) is 0 Å². The van der Waals surface area contributed by atoms with E-state index in [1.165, 1.54) is 16.7 Å². The highest BCUT2D eigenvalue weighted by atomic mass is 32.2. The molecule has 1 aliphatic rings. The number of thioether (sulfide) groups is 1. The molecule has 0 atom stereocenters. The number of phenolic OH excluding ortho intramolecular Hbond substituents is 1. The predicted molar refractivity (Wildman–Crippen MR) is 96.7 cm³/mol. The summed E-state index contributed by atoms with van der Waals surface area (Å²) in [5.41, 5.74) is 0.759. The molecule has 2 heterocycles. The van der Waals surface area contributed by atoms with Gasteiger partial charge in [0, 0.05) is 0 Å².